The Bertz CT molecular complexity index is 691. The van der Waals surface area contributed by atoms with E-state index in [2.05, 4.69) is 10.2 Å². The van der Waals surface area contributed by atoms with Gasteiger partial charge in [-0.15, -0.1) is 0 Å². The number of sulfonamides is 1. The number of carbonyl (C=O) groups is 1. The van der Waals surface area contributed by atoms with Gasteiger partial charge in [-0.05, 0) is 57.0 Å². The maximum absolute atomic E-state index is 12.5. The summed E-state index contributed by atoms with van der Waals surface area (Å²) in [5.41, 5.74) is 0.630. The molecule has 7 heteroatoms. The highest BCUT2D eigenvalue weighted by Gasteiger charge is 2.27. The van der Waals surface area contributed by atoms with Crippen LogP contribution >= 0.6 is 0 Å². The summed E-state index contributed by atoms with van der Waals surface area (Å²) in [4.78, 5) is 14.6. The summed E-state index contributed by atoms with van der Waals surface area (Å²) < 4.78 is 26.5. The first-order valence-corrected chi connectivity index (χ1v) is 10.5. The molecule has 1 aromatic rings. The van der Waals surface area contributed by atoms with E-state index in [4.69, 9.17) is 0 Å². The lowest BCUT2D eigenvalue weighted by Crippen LogP contribution is -2.36. The van der Waals surface area contributed by atoms with Crippen LogP contribution in [-0.2, 0) is 14.8 Å². The Morgan fingerprint density at radius 3 is 2.32 bits per heavy atom. The van der Waals surface area contributed by atoms with Crippen LogP contribution in [0, 0.1) is 0 Å². The van der Waals surface area contributed by atoms with Crippen molar-refractivity contribution in [2.24, 2.45) is 0 Å². The number of anilines is 1. The Hall–Kier alpha value is -1.44. The van der Waals surface area contributed by atoms with E-state index in [0.29, 0.717) is 31.4 Å². The van der Waals surface area contributed by atoms with Crippen LogP contribution < -0.4 is 5.32 Å². The lowest BCUT2D eigenvalue weighted by atomic mass is 10.2. The lowest BCUT2D eigenvalue weighted by molar-refractivity contribution is -0.117. The number of benzene rings is 1. The third-order valence-electron chi connectivity index (χ3n) is 5.18. The molecule has 0 spiro atoms. The molecule has 25 heavy (non-hydrogen) atoms. The van der Waals surface area contributed by atoms with Gasteiger partial charge in [0.15, 0.2) is 0 Å². The first kappa shape index (κ1) is 18.4. The first-order valence-electron chi connectivity index (χ1n) is 9.07. The van der Waals surface area contributed by atoms with Gasteiger partial charge in [-0.25, -0.2) is 8.42 Å². The molecule has 1 amide bonds. The Morgan fingerprint density at radius 2 is 1.72 bits per heavy atom. The summed E-state index contributed by atoms with van der Waals surface area (Å²) >= 11 is 0. The number of likely N-dealkylation sites (N-methyl/N-ethyl adjacent to an activating group) is 1. The number of rotatable bonds is 6. The van der Waals surface area contributed by atoms with E-state index in [1.807, 2.05) is 7.05 Å². The standard InChI is InChI=1S/C18H27N3O3S/c1-20(16-6-2-3-7-16)14-18(22)19-15-8-10-17(11-9-15)25(23,24)21-12-4-5-13-21/h8-11,16H,2-7,12-14H2,1H3,(H,19,22). The zero-order valence-electron chi connectivity index (χ0n) is 14.8. The first-order chi connectivity index (χ1) is 12.0. The minimum absolute atomic E-state index is 0.0652. The van der Waals surface area contributed by atoms with Crippen LogP contribution in [-0.4, -0.2) is 56.3 Å². The van der Waals surface area contributed by atoms with Crippen LogP contribution in [0.15, 0.2) is 29.2 Å². The normalized spacial score (nSPS) is 19.6. The number of hydrogen-bond donors (Lipinski definition) is 1. The van der Waals surface area contributed by atoms with Gasteiger partial charge >= 0.3 is 0 Å². The van der Waals surface area contributed by atoms with E-state index < -0.39 is 10.0 Å². The molecule has 1 saturated carbocycles. The van der Waals surface area contributed by atoms with E-state index in [1.165, 1.54) is 17.1 Å². The fourth-order valence-corrected chi connectivity index (χ4v) is 5.21. The van der Waals surface area contributed by atoms with Crippen LogP contribution in [0.4, 0.5) is 5.69 Å². The van der Waals surface area contributed by atoms with Gasteiger partial charge in [0.25, 0.3) is 0 Å². The summed E-state index contributed by atoms with van der Waals surface area (Å²) in [6.07, 6.45) is 6.64. The van der Waals surface area contributed by atoms with Crippen molar-refractivity contribution >= 4 is 21.6 Å². The van der Waals surface area contributed by atoms with E-state index in [0.717, 1.165) is 25.7 Å². The molecule has 3 rings (SSSR count). The van der Waals surface area contributed by atoms with Crippen LogP contribution in [0.1, 0.15) is 38.5 Å². The molecular weight excluding hydrogens is 338 g/mol. The molecule has 1 heterocycles. The van der Waals surface area contributed by atoms with Crippen molar-refractivity contribution in [2.45, 2.75) is 49.5 Å². The Morgan fingerprint density at radius 1 is 1.12 bits per heavy atom. The molecule has 138 valence electrons. The van der Waals surface area contributed by atoms with Crippen LogP contribution in [0.25, 0.3) is 0 Å². The minimum Gasteiger partial charge on any atom is -0.325 e. The molecular formula is C18H27N3O3S. The summed E-state index contributed by atoms with van der Waals surface area (Å²) in [5.74, 6) is -0.0652. The second kappa shape index (κ2) is 7.85. The van der Waals surface area contributed by atoms with Crippen LogP contribution in [0.5, 0.6) is 0 Å². The number of hydrogen-bond acceptors (Lipinski definition) is 4. The van der Waals surface area contributed by atoms with Gasteiger partial charge in [0.1, 0.15) is 0 Å². The second-order valence-electron chi connectivity index (χ2n) is 7.04. The SMILES string of the molecule is CN(CC(=O)Nc1ccc(S(=O)(=O)N2CCCC2)cc1)C1CCCC1. The minimum atomic E-state index is -3.40. The average molecular weight is 365 g/mol. The van der Waals surface area contributed by atoms with Crippen molar-refractivity contribution in [1.82, 2.24) is 9.21 Å². The van der Waals surface area contributed by atoms with E-state index >= 15 is 0 Å². The largest absolute Gasteiger partial charge is 0.325 e. The fourth-order valence-electron chi connectivity index (χ4n) is 3.69. The smallest absolute Gasteiger partial charge is 0.243 e. The molecule has 1 aromatic carbocycles. The summed E-state index contributed by atoms with van der Waals surface area (Å²) in [7, 11) is -1.41. The highest BCUT2D eigenvalue weighted by Crippen LogP contribution is 2.23. The Balaban J connectivity index is 1.57. The monoisotopic (exact) mass is 365 g/mol. The van der Waals surface area contributed by atoms with Gasteiger partial charge in [-0.2, -0.15) is 4.31 Å². The zero-order chi connectivity index (χ0) is 17.9. The van der Waals surface area contributed by atoms with Crippen molar-refractivity contribution in [1.29, 1.82) is 0 Å². The van der Waals surface area contributed by atoms with Gasteiger partial charge in [-0.1, -0.05) is 12.8 Å². The molecule has 0 aromatic heterocycles. The van der Waals surface area contributed by atoms with Crippen LogP contribution in [0.3, 0.4) is 0 Å². The van der Waals surface area contributed by atoms with Crippen molar-refractivity contribution in [3.8, 4) is 0 Å². The predicted molar refractivity (Wildman–Crippen MR) is 98.0 cm³/mol. The molecule has 1 saturated heterocycles. The maximum Gasteiger partial charge on any atom is 0.243 e. The molecule has 1 aliphatic heterocycles. The molecule has 0 radical (unpaired) electrons. The summed E-state index contributed by atoms with van der Waals surface area (Å²) in [6.45, 7) is 1.54. The number of amides is 1. The van der Waals surface area contributed by atoms with Crippen molar-refractivity contribution < 1.29 is 13.2 Å². The van der Waals surface area contributed by atoms with E-state index in [-0.39, 0.29) is 10.8 Å². The van der Waals surface area contributed by atoms with E-state index in [9.17, 15) is 13.2 Å². The summed E-state index contributed by atoms with van der Waals surface area (Å²) in [6, 6.07) is 6.97. The molecule has 1 aliphatic carbocycles. The molecule has 2 fully saturated rings. The van der Waals surface area contributed by atoms with Gasteiger partial charge in [0.05, 0.1) is 11.4 Å². The fraction of sp³-hybridized carbons (Fsp3) is 0.611. The Labute approximate surface area is 150 Å². The highest BCUT2D eigenvalue weighted by molar-refractivity contribution is 7.89. The van der Waals surface area contributed by atoms with E-state index in [1.54, 1.807) is 24.3 Å². The van der Waals surface area contributed by atoms with Gasteiger partial charge in [0, 0.05) is 24.8 Å². The number of nitrogens with zero attached hydrogens (tertiary/aromatic N) is 2. The van der Waals surface area contributed by atoms with Gasteiger partial charge < -0.3 is 5.32 Å². The molecule has 2 aliphatic rings. The topological polar surface area (TPSA) is 69.7 Å². The second-order valence-corrected chi connectivity index (χ2v) is 8.98. The van der Waals surface area contributed by atoms with Crippen molar-refractivity contribution in [2.75, 3.05) is 32.0 Å². The Kier molecular flexibility index (Phi) is 5.76. The third-order valence-corrected chi connectivity index (χ3v) is 7.09. The third kappa shape index (κ3) is 4.40. The number of nitrogens with one attached hydrogen (secondary N) is 1. The highest BCUT2D eigenvalue weighted by atomic mass is 32.2. The summed E-state index contributed by atoms with van der Waals surface area (Å²) in [5, 5.41) is 2.86. The molecule has 1 N–H and O–H groups in total. The maximum atomic E-state index is 12.5. The van der Waals surface area contributed by atoms with Gasteiger partial charge in [0.2, 0.25) is 15.9 Å². The lowest BCUT2D eigenvalue weighted by Gasteiger charge is -2.23. The quantitative estimate of drug-likeness (QED) is 0.840. The average Bonchev–Trinajstić information content (AvgIpc) is 3.29. The van der Waals surface area contributed by atoms with Gasteiger partial charge in [-0.3, -0.25) is 9.69 Å². The number of carbonyl (C=O) groups excluding carboxylic acids is 1. The van der Waals surface area contributed by atoms with Crippen molar-refractivity contribution in [3.63, 3.8) is 0 Å². The zero-order valence-corrected chi connectivity index (χ0v) is 15.6. The molecule has 0 unspecified atom stereocenters. The van der Waals surface area contributed by atoms with Crippen molar-refractivity contribution in [3.05, 3.63) is 24.3 Å². The molecule has 0 atom stereocenters. The molecule has 0 bridgehead atoms. The molecule has 6 nitrogen and oxygen atoms in total. The predicted octanol–water partition coefficient (Wildman–Crippen LogP) is 2.28. The van der Waals surface area contributed by atoms with Crippen LogP contribution in [0.2, 0.25) is 0 Å².